The summed E-state index contributed by atoms with van der Waals surface area (Å²) in [6.45, 7) is 0. The molecule has 0 unspecified atom stereocenters. The van der Waals surface area contributed by atoms with Crippen molar-refractivity contribution in [3.05, 3.63) is 114 Å². The monoisotopic (exact) mass is 273 g/mol. The minimum absolute atomic E-state index is 0.861. The molecule has 0 aliphatic heterocycles. The Morgan fingerprint density at radius 3 is 1.38 bits per heavy atom. The molecule has 0 fully saturated rings. The van der Waals surface area contributed by atoms with Crippen molar-refractivity contribution in [1.82, 2.24) is 0 Å². The average Bonchev–Trinajstić information content (AvgIpc) is 2.57. The fourth-order valence-corrected chi connectivity index (χ4v) is 2.51. The van der Waals surface area contributed by atoms with Gasteiger partial charge in [-0.05, 0) is 16.7 Å². The van der Waals surface area contributed by atoms with Crippen molar-refractivity contribution >= 4 is 0 Å². The molecule has 3 aromatic rings. The zero-order valence-electron chi connectivity index (χ0n) is 11.7. The predicted octanol–water partition coefficient (Wildman–Crippen LogP) is 4.18. The molecule has 0 spiro atoms. The zero-order valence-corrected chi connectivity index (χ0v) is 11.7. The molecule has 0 bridgehead atoms. The van der Waals surface area contributed by atoms with E-state index in [-0.39, 0.29) is 0 Å². The SMILES string of the molecule is OC([CH]c1ccccc1)(c1ccccc1)c1ccccc1. The summed E-state index contributed by atoms with van der Waals surface area (Å²) in [7, 11) is 0. The molecule has 3 aromatic carbocycles. The Kier molecular flexibility index (Phi) is 3.85. The largest absolute Gasteiger partial charge is 0.380 e. The van der Waals surface area contributed by atoms with Gasteiger partial charge >= 0.3 is 0 Å². The lowest BCUT2D eigenvalue weighted by Gasteiger charge is -2.29. The highest BCUT2D eigenvalue weighted by molar-refractivity contribution is 5.44. The normalized spacial score (nSPS) is 11.3. The first-order valence-corrected chi connectivity index (χ1v) is 7.03. The number of hydrogen-bond acceptors (Lipinski definition) is 1. The van der Waals surface area contributed by atoms with Crippen molar-refractivity contribution in [2.24, 2.45) is 0 Å². The van der Waals surface area contributed by atoms with Crippen LogP contribution in [0.25, 0.3) is 0 Å². The fourth-order valence-electron chi connectivity index (χ4n) is 2.51. The van der Waals surface area contributed by atoms with Crippen LogP contribution in [-0.4, -0.2) is 5.11 Å². The van der Waals surface area contributed by atoms with Crippen LogP contribution in [0.15, 0.2) is 91.0 Å². The summed E-state index contributed by atoms with van der Waals surface area (Å²) >= 11 is 0. The van der Waals surface area contributed by atoms with E-state index in [1.54, 1.807) is 0 Å². The molecule has 0 atom stereocenters. The Hall–Kier alpha value is -2.38. The van der Waals surface area contributed by atoms with E-state index in [0.29, 0.717) is 0 Å². The van der Waals surface area contributed by atoms with E-state index in [0.717, 1.165) is 16.7 Å². The van der Waals surface area contributed by atoms with Gasteiger partial charge in [0.05, 0.1) is 0 Å². The van der Waals surface area contributed by atoms with Gasteiger partial charge in [-0.25, -0.2) is 0 Å². The maximum absolute atomic E-state index is 11.4. The van der Waals surface area contributed by atoms with E-state index in [4.69, 9.17) is 0 Å². The van der Waals surface area contributed by atoms with Crippen LogP contribution >= 0.6 is 0 Å². The smallest absolute Gasteiger partial charge is 0.122 e. The lowest BCUT2D eigenvalue weighted by Crippen LogP contribution is -2.28. The molecule has 0 aliphatic carbocycles. The minimum Gasteiger partial charge on any atom is -0.380 e. The summed E-state index contributed by atoms with van der Waals surface area (Å²) < 4.78 is 0. The zero-order chi connectivity index (χ0) is 14.5. The molecule has 0 aliphatic rings. The lowest BCUT2D eigenvalue weighted by molar-refractivity contribution is 0.120. The Labute approximate surface area is 125 Å². The van der Waals surface area contributed by atoms with E-state index in [1.165, 1.54) is 0 Å². The van der Waals surface area contributed by atoms with Gasteiger partial charge in [-0.2, -0.15) is 0 Å². The highest BCUT2D eigenvalue weighted by Crippen LogP contribution is 2.34. The van der Waals surface area contributed by atoms with Crippen molar-refractivity contribution in [2.75, 3.05) is 0 Å². The van der Waals surface area contributed by atoms with Gasteiger partial charge in [0.1, 0.15) is 5.60 Å². The molecule has 21 heavy (non-hydrogen) atoms. The summed E-state index contributed by atoms with van der Waals surface area (Å²) in [5, 5.41) is 11.4. The van der Waals surface area contributed by atoms with E-state index in [9.17, 15) is 5.11 Å². The first kappa shape index (κ1) is 13.6. The highest BCUT2D eigenvalue weighted by Gasteiger charge is 2.31. The second kappa shape index (κ2) is 5.94. The van der Waals surface area contributed by atoms with Gasteiger partial charge in [-0.3, -0.25) is 0 Å². The molecule has 3 rings (SSSR count). The molecule has 0 saturated heterocycles. The first-order chi connectivity index (χ1) is 10.3. The average molecular weight is 273 g/mol. The molecule has 1 heteroatoms. The number of rotatable bonds is 4. The Morgan fingerprint density at radius 1 is 0.571 bits per heavy atom. The second-order valence-electron chi connectivity index (χ2n) is 5.05. The minimum atomic E-state index is -1.14. The van der Waals surface area contributed by atoms with Crippen molar-refractivity contribution in [3.63, 3.8) is 0 Å². The quantitative estimate of drug-likeness (QED) is 0.756. The van der Waals surface area contributed by atoms with Crippen molar-refractivity contribution in [3.8, 4) is 0 Å². The van der Waals surface area contributed by atoms with Crippen LogP contribution in [0.2, 0.25) is 0 Å². The summed E-state index contributed by atoms with van der Waals surface area (Å²) in [6.07, 6.45) is 1.90. The van der Waals surface area contributed by atoms with Crippen LogP contribution in [0.4, 0.5) is 0 Å². The molecule has 0 saturated carbocycles. The third-order valence-electron chi connectivity index (χ3n) is 3.60. The molecule has 0 aromatic heterocycles. The molecule has 1 nitrogen and oxygen atoms in total. The van der Waals surface area contributed by atoms with Gasteiger partial charge in [0, 0.05) is 6.42 Å². The van der Waals surface area contributed by atoms with Crippen LogP contribution in [0.5, 0.6) is 0 Å². The second-order valence-corrected chi connectivity index (χ2v) is 5.05. The summed E-state index contributed by atoms with van der Waals surface area (Å²) in [5.74, 6) is 0. The standard InChI is InChI=1S/C20H17O/c21-20(18-12-6-2-7-13-18,19-14-8-3-9-15-19)16-17-10-4-1-5-11-17/h1-16,21H. The van der Waals surface area contributed by atoms with E-state index in [1.807, 2.05) is 97.4 Å². The van der Waals surface area contributed by atoms with Gasteiger partial charge in [0.15, 0.2) is 0 Å². The Bertz CT molecular complexity index is 635. The van der Waals surface area contributed by atoms with Crippen LogP contribution in [-0.2, 0) is 5.60 Å². The Balaban J connectivity index is 2.07. The van der Waals surface area contributed by atoms with Crippen LogP contribution in [0, 0.1) is 6.42 Å². The van der Waals surface area contributed by atoms with E-state index in [2.05, 4.69) is 0 Å². The van der Waals surface area contributed by atoms with Gasteiger partial charge in [-0.15, -0.1) is 0 Å². The maximum Gasteiger partial charge on any atom is 0.122 e. The van der Waals surface area contributed by atoms with Gasteiger partial charge in [-0.1, -0.05) is 91.0 Å². The third-order valence-corrected chi connectivity index (χ3v) is 3.60. The molecule has 1 N–H and O–H groups in total. The molecular formula is C20H17O. The van der Waals surface area contributed by atoms with Crippen LogP contribution in [0.1, 0.15) is 16.7 Å². The van der Waals surface area contributed by atoms with Gasteiger partial charge < -0.3 is 5.11 Å². The first-order valence-electron chi connectivity index (χ1n) is 7.03. The molecular weight excluding hydrogens is 256 g/mol. The van der Waals surface area contributed by atoms with Crippen LogP contribution in [0.3, 0.4) is 0 Å². The van der Waals surface area contributed by atoms with Crippen molar-refractivity contribution in [2.45, 2.75) is 5.60 Å². The third kappa shape index (κ3) is 2.88. The molecule has 0 heterocycles. The number of benzene rings is 3. The summed E-state index contributed by atoms with van der Waals surface area (Å²) in [4.78, 5) is 0. The van der Waals surface area contributed by atoms with Crippen molar-refractivity contribution in [1.29, 1.82) is 0 Å². The molecule has 0 amide bonds. The lowest BCUT2D eigenvalue weighted by atomic mass is 9.81. The number of aliphatic hydroxyl groups is 1. The Morgan fingerprint density at radius 2 is 0.952 bits per heavy atom. The summed E-state index contributed by atoms with van der Waals surface area (Å²) in [6, 6.07) is 29.4. The summed E-state index contributed by atoms with van der Waals surface area (Å²) in [5.41, 5.74) is 1.58. The van der Waals surface area contributed by atoms with Crippen molar-refractivity contribution < 1.29 is 5.11 Å². The van der Waals surface area contributed by atoms with Gasteiger partial charge in [0.25, 0.3) is 0 Å². The predicted molar refractivity (Wildman–Crippen MR) is 85.7 cm³/mol. The maximum atomic E-state index is 11.4. The van der Waals surface area contributed by atoms with E-state index < -0.39 is 5.60 Å². The molecule has 1 radical (unpaired) electrons. The molecule has 103 valence electrons. The highest BCUT2D eigenvalue weighted by atomic mass is 16.3. The fraction of sp³-hybridized carbons (Fsp3) is 0.0500. The number of hydrogen-bond donors (Lipinski definition) is 1. The van der Waals surface area contributed by atoms with Crippen LogP contribution < -0.4 is 0 Å². The van der Waals surface area contributed by atoms with E-state index >= 15 is 0 Å². The topological polar surface area (TPSA) is 20.2 Å². The van der Waals surface area contributed by atoms with Gasteiger partial charge in [0.2, 0.25) is 0 Å².